The number of aliphatic carboxylic acids is 1. The van der Waals surface area contributed by atoms with Gasteiger partial charge in [0.25, 0.3) is 0 Å². The Hall–Kier alpha value is -0.220. The van der Waals surface area contributed by atoms with Gasteiger partial charge in [-0.05, 0) is 11.7 Å². The van der Waals surface area contributed by atoms with Crippen LogP contribution in [-0.4, -0.2) is 28.1 Å². The van der Waals surface area contributed by atoms with E-state index in [0.29, 0.717) is 5.25 Å². The average Bonchev–Trinajstić information content (AvgIpc) is 2.02. The fraction of sp³-hybridized carbons (Fsp3) is 0.889. The van der Waals surface area contributed by atoms with E-state index in [1.54, 1.807) is 0 Å². The van der Waals surface area contributed by atoms with Crippen LogP contribution < -0.4 is 5.73 Å². The first kappa shape index (κ1) is 12.8. The zero-order valence-corrected chi connectivity index (χ0v) is 9.30. The van der Waals surface area contributed by atoms with Crippen molar-refractivity contribution in [1.29, 1.82) is 0 Å². The van der Waals surface area contributed by atoms with Crippen molar-refractivity contribution in [2.75, 3.05) is 5.75 Å². The van der Waals surface area contributed by atoms with Gasteiger partial charge in [-0.3, -0.25) is 4.79 Å². The summed E-state index contributed by atoms with van der Waals surface area (Å²) in [6.45, 7) is 6.21. The summed E-state index contributed by atoms with van der Waals surface area (Å²) in [6, 6.07) is -0.230. The van der Waals surface area contributed by atoms with Crippen LogP contribution in [0, 0.1) is 5.92 Å². The highest BCUT2D eigenvalue weighted by Crippen LogP contribution is 2.21. The van der Waals surface area contributed by atoms with Crippen molar-refractivity contribution in [3.63, 3.8) is 0 Å². The second-order valence-electron chi connectivity index (χ2n) is 3.28. The van der Waals surface area contributed by atoms with Crippen LogP contribution in [0.15, 0.2) is 0 Å². The third-order valence-electron chi connectivity index (χ3n) is 2.26. The first-order valence-electron chi connectivity index (χ1n) is 4.58. The first-order chi connectivity index (χ1) is 5.99. The smallest absolute Gasteiger partial charge is 0.304 e. The summed E-state index contributed by atoms with van der Waals surface area (Å²) in [5.41, 5.74) is 5.76. The van der Waals surface area contributed by atoms with Crippen LogP contribution in [0.5, 0.6) is 0 Å². The Morgan fingerprint density at radius 2 is 2.08 bits per heavy atom. The minimum Gasteiger partial charge on any atom is -0.481 e. The molecule has 0 aliphatic carbocycles. The molecule has 3 atom stereocenters. The van der Waals surface area contributed by atoms with E-state index in [-0.39, 0.29) is 18.4 Å². The van der Waals surface area contributed by atoms with E-state index in [1.807, 2.05) is 18.7 Å². The zero-order valence-electron chi connectivity index (χ0n) is 8.49. The van der Waals surface area contributed by atoms with Gasteiger partial charge in [-0.25, -0.2) is 0 Å². The molecular formula is C9H19NO2S. The van der Waals surface area contributed by atoms with Gasteiger partial charge in [0, 0.05) is 11.3 Å². The Balaban J connectivity index is 3.92. The topological polar surface area (TPSA) is 63.3 Å². The van der Waals surface area contributed by atoms with Crippen molar-refractivity contribution >= 4 is 17.7 Å². The molecule has 0 radical (unpaired) electrons. The number of carboxylic acids is 1. The molecule has 78 valence electrons. The lowest BCUT2D eigenvalue weighted by atomic mass is 9.97. The van der Waals surface area contributed by atoms with Gasteiger partial charge >= 0.3 is 5.97 Å². The van der Waals surface area contributed by atoms with Gasteiger partial charge in [-0.1, -0.05) is 20.8 Å². The van der Waals surface area contributed by atoms with E-state index in [9.17, 15) is 4.79 Å². The number of nitrogens with two attached hydrogens (primary N) is 1. The fourth-order valence-corrected chi connectivity index (χ4v) is 2.18. The third-order valence-corrected chi connectivity index (χ3v) is 3.54. The highest BCUT2D eigenvalue weighted by molar-refractivity contribution is 7.99. The summed E-state index contributed by atoms with van der Waals surface area (Å²) in [6.07, 6.45) is 0.0653. The molecule has 4 heteroatoms. The van der Waals surface area contributed by atoms with E-state index >= 15 is 0 Å². The van der Waals surface area contributed by atoms with Crippen molar-refractivity contribution in [2.45, 2.75) is 38.5 Å². The maximum absolute atomic E-state index is 10.4. The van der Waals surface area contributed by atoms with Gasteiger partial charge in [0.1, 0.15) is 0 Å². The van der Waals surface area contributed by atoms with E-state index in [2.05, 4.69) is 13.8 Å². The summed E-state index contributed by atoms with van der Waals surface area (Å²) < 4.78 is 0. The Kier molecular flexibility index (Phi) is 6.16. The van der Waals surface area contributed by atoms with E-state index in [4.69, 9.17) is 10.8 Å². The van der Waals surface area contributed by atoms with Crippen molar-refractivity contribution in [2.24, 2.45) is 11.7 Å². The van der Waals surface area contributed by atoms with Crippen LogP contribution in [0.2, 0.25) is 0 Å². The fourth-order valence-electron chi connectivity index (χ4n) is 1.15. The van der Waals surface area contributed by atoms with Gasteiger partial charge in [-0.15, -0.1) is 0 Å². The van der Waals surface area contributed by atoms with Crippen molar-refractivity contribution < 1.29 is 9.90 Å². The minimum absolute atomic E-state index is 0.0653. The lowest BCUT2D eigenvalue weighted by Gasteiger charge is -2.24. The largest absolute Gasteiger partial charge is 0.481 e. The second-order valence-corrected chi connectivity index (χ2v) is 4.94. The molecule has 0 aliphatic heterocycles. The maximum Gasteiger partial charge on any atom is 0.304 e. The molecule has 0 unspecified atom stereocenters. The summed E-state index contributed by atoms with van der Waals surface area (Å²) in [7, 11) is 0. The molecule has 0 aliphatic rings. The second kappa shape index (κ2) is 6.27. The van der Waals surface area contributed by atoms with Crippen LogP contribution in [-0.2, 0) is 4.79 Å². The predicted octanol–water partition coefficient (Wildman–Crippen LogP) is 1.57. The van der Waals surface area contributed by atoms with Gasteiger partial charge in [-0.2, -0.15) is 11.8 Å². The van der Waals surface area contributed by atoms with Gasteiger partial charge in [0.15, 0.2) is 0 Å². The first-order valence-corrected chi connectivity index (χ1v) is 5.62. The molecule has 0 rings (SSSR count). The normalized spacial score (nSPS) is 17.8. The quantitative estimate of drug-likeness (QED) is 0.691. The molecular weight excluding hydrogens is 186 g/mol. The summed E-state index contributed by atoms with van der Waals surface area (Å²) in [5, 5.41) is 8.99. The minimum atomic E-state index is -0.812. The number of hydrogen-bond donors (Lipinski definition) is 2. The number of carboxylic acid groups (broad SMARTS) is 1. The molecule has 0 bridgehead atoms. The third kappa shape index (κ3) is 5.16. The molecule has 3 N–H and O–H groups in total. The van der Waals surface area contributed by atoms with Crippen LogP contribution >= 0.6 is 11.8 Å². The van der Waals surface area contributed by atoms with Crippen LogP contribution in [0.3, 0.4) is 0 Å². The van der Waals surface area contributed by atoms with E-state index < -0.39 is 5.97 Å². The summed E-state index contributed by atoms with van der Waals surface area (Å²) in [4.78, 5) is 10.4. The molecule has 0 saturated carbocycles. The van der Waals surface area contributed by atoms with Crippen LogP contribution in [0.25, 0.3) is 0 Å². The van der Waals surface area contributed by atoms with Crippen molar-refractivity contribution in [3.05, 3.63) is 0 Å². The average molecular weight is 205 g/mol. The number of thioether (sulfide) groups is 1. The summed E-state index contributed by atoms with van der Waals surface area (Å²) >= 11 is 1.82. The number of carbonyl (C=O) groups is 1. The molecule has 3 nitrogen and oxygen atoms in total. The van der Waals surface area contributed by atoms with Gasteiger partial charge in [0.2, 0.25) is 0 Å². The highest BCUT2D eigenvalue weighted by atomic mass is 32.2. The Bertz CT molecular complexity index is 164. The molecule has 0 aromatic rings. The van der Waals surface area contributed by atoms with Gasteiger partial charge in [0.05, 0.1) is 6.42 Å². The molecule has 0 saturated heterocycles. The lowest BCUT2D eigenvalue weighted by molar-refractivity contribution is -0.137. The molecule has 0 spiro atoms. The van der Waals surface area contributed by atoms with Crippen molar-refractivity contribution in [1.82, 2.24) is 0 Å². The Morgan fingerprint density at radius 3 is 2.46 bits per heavy atom. The Labute approximate surface area is 84.1 Å². The van der Waals surface area contributed by atoms with Crippen LogP contribution in [0.4, 0.5) is 0 Å². The van der Waals surface area contributed by atoms with E-state index in [0.717, 1.165) is 5.75 Å². The molecule has 0 aromatic heterocycles. The van der Waals surface area contributed by atoms with Crippen LogP contribution in [0.1, 0.15) is 27.2 Å². The molecule has 13 heavy (non-hydrogen) atoms. The van der Waals surface area contributed by atoms with Crippen molar-refractivity contribution in [3.8, 4) is 0 Å². The predicted molar refractivity (Wildman–Crippen MR) is 57.0 cm³/mol. The monoisotopic (exact) mass is 205 g/mol. The SMILES string of the molecule is CCS[C@@H](C)[C@@H](C)[C@H](N)CC(=O)O. The lowest BCUT2D eigenvalue weighted by Crippen LogP contribution is -2.35. The number of hydrogen-bond acceptors (Lipinski definition) is 3. The molecule has 0 heterocycles. The molecule has 0 fully saturated rings. The standard InChI is InChI=1S/C9H19NO2S/c1-4-13-7(3)6(2)8(10)5-9(11)12/h6-8H,4-5,10H2,1-3H3,(H,11,12)/t6-,7+,8-/m1/s1. The van der Waals surface area contributed by atoms with E-state index in [1.165, 1.54) is 0 Å². The number of rotatable bonds is 6. The van der Waals surface area contributed by atoms with Gasteiger partial charge < -0.3 is 10.8 Å². The Morgan fingerprint density at radius 1 is 1.54 bits per heavy atom. The zero-order chi connectivity index (χ0) is 10.4. The maximum atomic E-state index is 10.4. The highest BCUT2D eigenvalue weighted by Gasteiger charge is 2.21. The molecule has 0 aromatic carbocycles. The molecule has 0 amide bonds. The summed E-state index contributed by atoms with van der Waals surface area (Å²) in [5.74, 6) is 0.486.